The van der Waals surface area contributed by atoms with Gasteiger partial charge in [-0.15, -0.1) is 6.42 Å². The van der Waals surface area contributed by atoms with Gasteiger partial charge < -0.3 is 4.74 Å². The fraction of sp³-hybridized carbons (Fsp3) is 0.545. The molecule has 0 aromatic rings. The molecule has 0 aromatic carbocycles. The van der Waals surface area contributed by atoms with Gasteiger partial charge in [0, 0.05) is 5.92 Å². The lowest BCUT2D eigenvalue weighted by molar-refractivity contribution is -0.136. The Balaban J connectivity index is 3.33. The number of hydrogen-bond donors (Lipinski definition) is 0. The molecule has 0 bridgehead atoms. The Morgan fingerprint density at radius 2 is 2.15 bits per heavy atom. The molecule has 0 N–H and O–H groups in total. The van der Waals surface area contributed by atoms with Crippen LogP contribution in [0.25, 0.3) is 0 Å². The molecule has 0 amide bonds. The Morgan fingerprint density at radius 1 is 1.38 bits per heavy atom. The molecule has 0 fully saturated rings. The average molecular weight is 178 g/mol. The Hall–Kier alpha value is -1.41. The molecule has 2 nitrogen and oxygen atoms in total. The quantitative estimate of drug-likeness (QED) is 0.277. The predicted octanol–water partition coefficient (Wildman–Crippen LogP) is 1.75. The van der Waals surface area contributed by atoms with Gasteiger partial charge in [-0.05, 0) is 18.3 Å². The van der Waals surface area contributed by atoms with Crippen LogP contribution in [0.1, 0.15) is 32.6 Å². The Labute approximate surface area is 79.7 Å². The average Bonchev–Trinajstić information content (AvgIpc) is 2.14. The number of esters is 1. The van der Waals surface area contributed by atoms with Crippen LogP contribution < -0.4 is 0 Å². The second-order valence-corrected chi connectivity index (χ2v) is 2.59. The second-order valence-electron chi connectivity index (χ2n) is 2.59. The minimum absolute atomic E-state index is 0.443. The third kappa shape index (κ3) is 8.50. The number of rotatable bonds is 5. The van der Waals surface area contributed by atoms with Crippen LogP contribution in [0.15, 0.2) is 0 Å². The molecular formula is C11H14O2. The van der Waals surface area contributed by atoms with Gasteiger partial charge in [0.15, 0.2) is 0 Å². The zero-order chi connectivity index (χ0) is 9.94. The largest absolute Gasteiger partial charge is 0.456 e. The SMILES string of the molecule is C#CC#CC(=O)OCCCCCC. The van der Waals surface area contributed by atoms with Gasteiger partial charge in [-0.25, -0.2) is 4.79 Å². The van der Waals surface area contributed by atoms with E-state index in [1.54, 1.807) is 0 Å². The highest BCUT2D eigenvalue weighted by Gasteiger charge is 1.95. The summed E-state index contributed by atoms with van der Waals surface area (Å²) in [6, 6.07) is 0. The van der Waals surface area contributed by atoms with Crippen LogP contribution in [0, 0.1) is 24.2 Å². The summed E-state index contributed by atoms with van der Waals surface area (Å²) < 4.78 is 4.78. The van der Waals surface area contributed by atoms with Crippen LogP contribution in [0.2, 0.25) is 0 Å². The molecule has 70 valence electrons. The molecule has 13 heavy (non-hydrogen) atoms. The van der Waals surface area contributed by atoms with Crippen molar-refractivity contribution in [3.05, 3.63) is 0 Å². The van der Waals surface area contributed by atoms with Crippen molar-refractivity contribution in [2.75, 3.05) is 6.61 Å². The summed E-state index contributed by atoms with van der Waals surface area (Å²) in [5.74, 6) is 5.89. The molecule has 0 heterocycles. The number of carbonyl (C=O) groups excluding carboxylic acids is 1. The van der Waals surface area contributed by atoms with Gasteiger partial charge in [0.2, 0.25) is 0 Å². The van der Waals surface area contributed by atoms with Gasteiger partial charge in [-0.2, -0.15) is 0 Å². The van der Waals surface area contributed by atoms with Gasteiger partial charge in [-0.1, -0.05) is 26.2 Å². The van der Waals surface area contributed by atoms with E-state index in [4.69, 9.17) is 11.2 Å². The first-order chi connectivity index (χ1) is 6.31. The van der Waals surface area contributed by atoms with E-state index in [1.807, 2.05) is 5.92 Å². The van der Waals surface area contributed by atoms with E-state index < -0.39 is 5.97 Å². The number of carbonyl (C=O) groups is 1. The van der Waals surface area contributed by atoms with Crippen molar-refractivity contribution in [3.63, 3.8) is 0 Å². The highest BCUT2D eigenvalue weighted by molar-refractivity contribution is 5.89. The molecule has 0 rings (SSSR count). The smallest absolute Gasteiger partial charge is 0.385 e. The van der Waals surface area contributed by atoms with E-state index >= 15 is 0 Å². The second kappa shape index (κ2) is 8.68. The zero-order valence-corrected chi connectivity index (χ0v) is 7.93. The molecule has 0 atom stereocenters. The van der Waals surface area contributed by atoms with E-state index in [0.717, 1.165) is 12.8 Å². The third-order valence-corrected chi connectivity index (χ3v) is 1.47. The summed E-state index contributed by atoms with van der Waals surface area (Å²) in [4.78, 5) is 10.7. The molecule has 0 aliphatic heterocycles. The zero-order valence-electron chi connectivity index (χ0n) is 7.93. The Kier molecular flexibility index (Phi) is 7.74. The van der Waals surface area contributed by atoms with Crippen molar-refractivity contribution in [3.8, 4) is 24.2 Å². The molecule has 2 heteroatoms. The van der Waals surface area contributed by atoms with E-state index in [2.05, 4.69) is 18.8 Å². The Morgan fingerprint density at radius 3 is 2.77 bits per heavy atom. The number of unbranched alkanes of at least 4 members (excludes halogenated alkanes) is 3. The number of ether oxygens (including phenoxy) is 1. The molecular weight excluding hydrogens is 164 g/mol. The van der Waals surface area contributed by atoms with E-state index in [0.29, 0.717) is 6.61 Å². The number of hydrogen-bond acceptors (Lipinski definition) is 2. The molecule has 0 aliphatic rings. The number of terminal acetylenes is 1. The minimum atomic E-state index is -0.533. The van der Waals surface area contributed by atoms with Crippen LogP contribution in [0.5, 0.6) is 0 Å². The van der Waals surface area contributed by atoms with Gasteiger partial charge in [-0.3, -0.25) is 0 Å². The van der Waals surface area contributed by atoms with E-state index in [1.165, 1.54) is 12.8 Å². The first-order valence-corrected chi connectivity index (χ1v) is 4.44. The molecule has 0 saturated carbocycles. The van der Waals surface area contributed by atoms with Crippen molar-refractivity contribution >= 4 is 5.97 Å². The lowest BCUT2D eigenvalue weighted by Gasteiger charge is -1.98. The van der Waals surface area contributed by atoms with E-state index in [9.17, 15) is 4.79 Å². The molecule has 0 unspecified atom stereocenters. The molecule has 0 radical (unpaired) electrons. The molecule has 0 saturated heterocycles. The summed E-state index contributed by atoms with van der Waals surface area (Å²) in [6.45, 7) is 2.57. The summed E-state index contributed by atoms with van der Waals surface area (Å²) in [6.07, 6.45) is 9.18. The van der Waals surface area contributed by atoms with E-state index in [-0.39, 0.29) is 0 Å². The van der Waals surface area contributed by atoms with Crippen LogP contribution >= 0.6 is 0 Å². The third-order valence-electron chi connectivity index (χ3n) is 1.47. The lowest BCUT2D eigenvalue weighted by atomic mass is 10.2. The van der Waals surface area contributed by atoms with Crippen molar-refractivity contribution in [2.24, 2.45) is 0 Å². The first kappa shape index (κ1) is 11.6. The van der Waals surface area contributed by atoms with Crippen LogP contribution in [-0.2, 0) is 9.53 Å². The van der Waals surface area contributed by atoms with Crippen LogP contribution in [0.3, 0.4) is 0 Å². The monoisotopic (exact) mass is 178 g/mol. The topological polar surface area (TPSA) is 26.3 Å². The van der Waals surface area contributed by atoms with Gasteiger partial charge in [0.1, 0.15) is 0 Å². The standard InChI is InChI=1S/C11H14O2/c1-3-5-7-8-10-13-11(12)9-6-4-2/h2H,3,5,7-8,10H2,1H3. The molecule has 0 aliphatic carbocycles. The van der Waals surface area contributed by atoms with Crippen LogP contribution in [-0.4, -0.2) is 12.6 Å². The molecule has 0 spiro atoms. The van der Waals surface area contributed by atoms with Crippen molar-refractivity contribution in [1.82, 2.24) is 0 Å². The minimum Gasteiger partial charge on any atom is -0.456 e. The highest BCUT2D eigenvalue weighted by atomic mass is 16.5. The maximum absolute atomic E-state index is 10.7. The summed E-state index contributed by atoms with van der Waals surface area (Å²) >= 11 is 0. The van der Waals surface area contributed by atoms with Crippen molar-refractivity contribution in [1.29, 1.82) is 0 Å². The van der Waals surface area contributed by atoms with Gasteiger partial charge >= 0.3 is 5.97 Å². The predicted molar refractivity (Wildman–Crippen MR) is 51.7 cm³/mol. The van der Waals surface area contributed by atoms with Gasteiger partial charge in [0.25, 0.3) is 0 Å². The normalized spacial score (nSPS) is 8.00. The fourth-order valence-corrected chi connectivity index (χ4v) is 0.817. The fourth-order valence-electron chi connectivity index (χ4n) is 0.817. The summed E-state index contributed by atoms with van der Waals surface area (Å²) in [7, 11) is 0. The Bertz CT molecular complexity index is 237. The van der Waals surface area contributed by atoms with Crippen molar-refractivity contribution < 1.29 is 9.53 Å². The van der Waals surface area contributed by atoms with Crippen LogP contribution in [0.4, 0.5) is 0 Å². The maximum Gasteiger partial charge on any atom is 0.385 e. The first-order valence-electron chi connectivity index (χ1n) is 4.44. The highest BCUT2D eigenvalue weighted by Crippen LogP contribution is 1.98. The summed E-state index contributed by atoms with van der Waals surface area (Å²) in [5, 5.41) is 0. The maximum atomic E-state index is 10.7. The molecule has 0 aromatic heterocycles. The van der Waals surface area contributed by atoms with Gasteiger partial charge in [0.05, 0.1) is 6.61 Å². The van der Waals surface area contributed by atoms with Crippen molar-refractivity contribution in [2.45, 2.75) is 32.6 Å². The summed E-state index contributed by atoms with van der Waals surface area (Å²) in [5.41, 5.74) is 0. The lowest BCUT2D eigenvalue weighted by Crippen LogP contribution is -2.02.